The van der Waals surface area contributed by atoms with Gasteiger partial charge in [-0.2, -0.15) is 0 Å². The van der Waals surface area contributed by atoms with Crippen LogP contribution in [0.5, 0.6) is 5.75 Å². The van der Waals surface area contributed by atoms with Gasteiger partial charge in [0.1, 0.15) is 5.75 Å². The monoisotopic (exact) mass is 189 g/mol. The summed E-state index contributed by atoms with van der Waals surface area (Å²) in [4.78, 5) is 0. The molecule has 0 radical (unpaired) electrons. The number of phenolic OH excluding ortho intramolecular Hbond substituents is 1. The largest absolute Gasteiger partial charge is 0.506 e. The number of benzene rings is 1. The Labute approximate surface area is 73.9 Å². The fraction of sp³-hybridized carbons (Fsp3) is 0. The number of hydrogen-bond acceptors (Lipinski definition) is 2. The summed E-state index contributed by atoms with van der Waals surface area (Å²) < 4.78 is 0. The first-order valence-corrected chi connectivity index (χ1v) is 3.59. The van der Waals surface area contributed by atoms with Crippen LogP contribution in [-0.2, 0) is 0 Å². The zero-order valence-corrected chi connectivity index (χ0v) is 6.95. The van der Waals surface area contributed by atoms with Crippen LogP contribution in [0.4, 0.5) is 0 Å². The molecule has 0 saturated heterocycles. The maximum atomic E-state index is 9.18. The second-order valence-electron chi connectivity index (χ2n) is 1.97. The minimum absolute atomic E-state index is 0.105. The van der Waals surface area contributed by atoms with Gasteiger partial charge in [-0.05, 0) is 12.1 Å². The minimum atomic E-state index is -0.105. The van der Waals surface area contributed by atoms with Crippen LogP contribution in [0.25, 0.3) is 0 Å². The van der Waals surface area contributed by atoms with Crippen LogP contribution < -0.4 is 0 Å². The Morgan fingerprint density at radius 1 is 1.36 bits per heavy atom. The Balaban J connectivity index is 3.35. The summed E-state index contributed by atoms with van der Waals surface area (Å²) in [6.07, 6.45) is 0.993. The first-order valence-electron chi connectivity index (χ1n) is 2.83. The molecular formula is C7H5Cl2NO. The molecule has 0 heterocycles. The lowest BCUT2D eigenvalue weighted by molar-refractivity contribution is 0.474. The number of hydrogen-bond donors (Lipinski definition) is 2. The molecule has 0 saturated carbocycles. The van der Waals surface area contributed by atoms with Gasteiger partial charge in [-0.1, -0.05) is 23.2 Å². The highest BCUT2D eigenvalue weighted by Gasteiger charge is 2.04. The van der Waals surface area contributed by atoms with Gasteiger partial charge in [0.25, 0.3) is 0 Å². The highest BCUT2D eigenvalue weighted by molar-refractivity contribution is 6.36. The Hall–Kier alpha value is -0.730. The van der Waals surface area contributed by atoms with E-state index in [0.29, 0.717) is 10.6 Å². The van der Waals surface area contributed by atoms with E-state index in [0.717, 1.165) is 6.21 Å². The summed E-state index contributed by atoms with van der Waals surface area (Å²) in [6, 6.07) is 2.89. The zero-order valence-electron chi connectivity index (χ0n) is 5.44. The molecule has 58 valence electrons. The molecule has 1 aromatic carbocycles. The SMILES string of the molecule is N=Cc1cc(Cl)cc(Cl)c1O. The van der Waals surface area contributed by atoms with Gasteiger partial charge in [0.15, 0.2) is 0 Å². The van der Waals surface area contributed by atoms with Gasteiger partial charge in [-0.3, -0.25) is 0 Å². The molecule has 0 aliphatic carbocycles. The van der Waals surface area contributed by atoms with E-state index in [1.807, 2.05) is 0 Å². The summed E-state index contributed by atoms with van der Waals surface area (Å²) in [7, 11) is 0. The maximum absolute atomic E-state index is 9.18. The lowest BCUT2D eigenvalue weighted by atomic mass is 10.2. The zero-order chi connectivity index (χ0) is 8.43. The van der Waals surface area contributed by atoms with Crippen LogP contribution in [0.3, 0.4) is 0 Å². The lowest BCUT2D eigenvalue weighted by Gasteiger charge is -2.00. The molecule has 2 N–H and O–H groups in total. The van der Waals surface area contributed by atoms with Crippen molar-refractivity contribution in [1.29, 1.82) is 5.41 Å². The van der Waals surface area contributed by atoms with E-state index in [4.69, 9.17) is 28.6 Å². The Morgan fingerprint density at radius 3 is 2.55 bits per heavy atom. The van der Waals surface area contributed by atoms with Crippen molar-refractivity contribution in [3.63, 3.8) is 0 Å². The average Bonchev–Trinajstić information content (AvgIpc) is 1.96. The van der Waals surface area contributed by atoms with Gasteiger partial charge in [0, 0.05) is 16.8 Å². The van der Waals surface area contributed by atoms with Gasteiger partial charge in [-0.25, -0.2) is 0 Å². The Bertz CT molecular complexity index is 299. The number of rotatable bonds is 1. The van der Waals surface area contributed by atoms with Crippen molar-refractivity contribution in [1.82, 2.24) is 0 Å². The minimum Gasteiger partial charge on any atom is -0.506 e. The predicted molar refractivity (Wildman–Crippen MR) is 46.0 cm³/mol. The van der Waals surface area contributed by atoms with E-state index < -0.39 is 0 Å². The van der Waals surface area contributed by atoms with E-state index in [2.05, 4.69) is 0 Å². The summed E-state index contributed by atoms with van der Waals surface area (Å²) >= 11 is 11.2. The molecule has 0 aliphatic rings. The summed E-state index contributed by atoms with van der Waals surface area (Å²) in [5.74, 6) is -0.105. The van der Waals surface area contributed by atoms with E-state index in [1.165, 1.54) is 12.1 Å². The number of nitrogens with one attached hydrogen (secondary N) is 1. The summed E-state index contributed by atoms with van der Waals surface area (Å²) in [5, 5.41) is 16.6. The van der Waals surface area contributed by atoms with Crippen LogP contribution in [-0.4, -0.2) is 11.3 Å². The Kier molecular flexibility index (Phi) is 2.37. The highest BCUT2D eigenvalue weighted by Crippen LogP contribution is 2.29. The molecule has 2 nitrogen and oxygen atoms in total. The third kappa shape index (κ3) is 1.64. The van der Waals surface area contributed by atoms with Crippen molar-refractivity contribution in [3.8, 4) is 5.75 Å². The van der Waals surface area contributed by atoms with E-state index in [9.17, 15) is 5.11 Å². The summed E-state index contributed by atoms with van der Waals surface area (Å²) in [5.41, 5.74) is 0.322. The lowest BCUT2D eigenvalue weighted by Crippen LogP contribution is -1.81. The van der Waals surface area contributed by atoms with Crippen molar-refractivity contribution in [3.05, 3.63) is 27.7 Å². The molecule has 0 fully saturated rings. The molecule has 4 heteroatoms. The van der Waals surface area contributed by atoms with Crippen molar-refractivity contribution in [2.45, 2.75) is 0 Å². The van der Waals surface area contributed by atoms with Gasteiger partial charge in [0.05, 0.1) is 5.02 Å². The predicted octanol–water partition coefficient (Wildman–Crippen LogP) is 2.70. The normalized spacial score (nSPS) is 9.64. The van der Waals surface area contributed by atoms with Gasteiger partial charge in [0.2, 0.25) is 0 Å². The second kappa shape index (κ2) is 3.11. The molecule has 0 unspecified atom stereocenters. The molecule has 0 aliphatic heterocycles. The third-order valence-electron chi connectivity index (χ3n) is 1.21. The molecule has 0 amide bonds. The Morgan fingerprint density at radius 2 is 2.00 bits per heavy atom. The molecule has 0 atom stereocenters. The van der Waals surface area contributed by atoms with Crippen LogP contribution in [0.15, 0.2) is 12.1 Å². The number of halogens is 2. The van der Waals surface area contributed by atoms with Crippen LogP contribution in [0, 0.1) is 5.41 Å². The topological polar surface area (TPSA) is 44.1 Å². The maximum Gasteiger partial charge on any atom is 0.143 e. The van der Waals surface area contributed by atoms with Gasteiger partial charge < -0.3 is 10.5 Å². The molecular weight excluding hydrogens is 185 g/mol. The van der Waals surface area contributed by atoms with Crippen molar-refractivity contribution < 1.29 is 5.11 Å². The van der Waals surface area contributed by atoms with Crippen molar-refractivity contribution >= 4 is 29.4 Å². The molecule has 0 bridgehead atoms. The first-order chi connectivity index (χ1) is 5.15. The van der Waals surface area contributed by atoms with Crippen LogP contribution in [0.2, 0.25) is 10.0 Å². The molecule has 0 aromatic heterocycles. The first kappa shape index (κ1) is 8.37. The second-order valence-corrected chi connectivity index (χ2v) is 2.81. The molecule has 0 spiro atoms. The quantitative estimate of drug-likeness (QED) is 0.657. The molecule has 11 heavy (non-hydrogen) atoms. The smallest absolute Gasteiger partial charge is 0.143 e. The van der Waals surface area contributed by atoms with Crippen molar-refractivity contribution in [2.75, 3.05) is 0 Å². The van der Waals surface area contributed by atoms with Crippen LogP contribution in [0.1, 0.15) is 5.56 Å². The molecule has 1 rings (SSSR count). The summed E-state index contributed by atoms with van der Waals surface area (Å²) in [6.45, 7) is 0. The van der Waals surface area contributed by atoms with Crippen molar-refractivity contribution in [2.24, 2.45) is 0 Å². The highest BCUT2D eigenvalue weighted by atomic mass is 35.5. The number of aromatic hydroxyl groups is 1. The average molecular weight is 190 g/mol. The van der Waals surface area contributed by atoms with Gasteiger partial charge >= 0.3 is 0 Å². The van der Waals surface area contributed by atoms with E-state index in [1.54, 1.807) is 0 Å². The molecule has 1 aromatic rings. The van der Waals surface area contributed by atoms with Gasteiger partial charge in [-0.15, -0.1) is 0 Å². The van der Waals surface area contributed by atoms with E-state index in [-0.39, 0.29) is 10.8 Å². The van der Waals surface area contributed by atoms with Crippen LogP contribution >= 0.6 is 23.2 Å². The standard InChI is InChI=1S/C7H5Cl2NO/c8-5-1-4(3-10)7(11)6(9)2-5/h1-3,10-11H. The third-order valence-corrected chi connectivity index (χ3v) is 1.72. The fourth-order valence-electron chi connectivity index (χ4n) is 0.696. The fourth-order valence-corrected chi connectivity index (χ4v) is 1.21. The number of phenols is 1. The van der Waals surface area contributed by atoms with E-state index >= 15 is 0 Å².